The summed E-state index contributed by atoms with van der Waals surface area (Å²) < 4.78 is 56.3. The number of anilines is 2. The first-order valence-electron chi connectivity index (χ1n) is 8.65. The van der Waals surface area contributed by atoms with Crippen LogP contribution in [0.2, 0.25) is 0 Å². The first-order chi connectivity index (χ1) is 14.1. The highest BCUT2D eigenvalue weighted by molar-refractivity contribution is 7.91. The summed E-state index contributed by atoms with van der Waals surface area (Å²) in [5.41, 5.74) is 6.47. The van der Waals surface area contributed by atoms with Crippen molar-refractivity contribution in [3.05, 3.63) is 65.0 Å². The van der Waals surface area contributed by atoms with E-state index in [1.807, 2.05) is 0 Å². The van der Waals surface area contributed by atoms with Crippen molar-refractivity contribution < 1.29 is 21.9 Å². The molecule has 0 amide bonds. The molecule has 3 N–H and O–H groups in total. The van der Waals surface area contributed by atoms with E-state index < -0.39 is 26.7 Å². The Balaban J connectivity index is 1.84. The third kappa shape index (κ3) is 4.46. The number of nitrogen functional groups attached to an aromatic ring is 1. The number of benzene rings is 1. The van der Waals surface area contributed by atoms with Gasteiger partial charge < -0.3 is 15.8 Å². The van der Waals surface area contributed by atoms with Crippen LogP contribution in [0.15, 0.2) is 42.3 Å². The summed E-state index contributed by atoms with van der Waals surface area (Å²) in [6.45, 7) is 0. The highest BCUT2D eigenvalue weighted by Gasteiger charge is 2.23. The lowest BCUT2D eigenvalue weighted by Crippen LogP contribution is -2.19. The fourth-order valence-electron chi connectivity index (χ4n) is 2.82. The maximum absolute atomic E-state index is 14.3. The zero-order valence-electron chi connectivity index (χ0n) is 16.0. The van der Waals surface area contributed by atoms with Gasteiger partial charge in [0.2, 0.25) is 5.95 Å². The van der Waals surface area contributed by atoms with Gasteiger partial charge in [0, 0.05) is 18.1 Å². The van der Waals surface area contributed by atoms with Crippen molar-refractivity contribution in [2.24, 2.45) is 0 Å². The number of methoxy groups -OCH3 is 1. The van der Waals surface area contributed by atoms with E-state index in [2.05, 4.69) is 15.3 Å². The van der Waals surface area contributed by atoms with E-state index in [0.29, 0.717) is 12.1 Å². The highest BCUT2D eigenvalue weighted by Crippen LogP contribution is 2.28. The van der Waals surface area contributed by atoms with Crippen molar-refractivity contribution in [3.63, 3.8) is 0 Å². The van der Waals surface area contributed by atoms with Crippen LogP contribution in [0.5, 0.6) is 5.75 Å². The minimum Gasteiger partial charge on any atom is -0.496 e. The zero-order valence-corrected chi connectivity index (χ0v) is 17.7. The predicted molar refractivity (Wildman–Crippen MR) is 114 cm³/mol. The second-order valence-electron chi connectivity index (χ2n) is 6.51. The number of nitrogens with two attached hydrogens (primary N) is 1. The number of aromatic nitrogens is 2. The third-order valence-corrected chi connectivity index (χ3v) is 6.31. The molecule has 0 aliphatic heterocycles. The maximum Gasteiger partial charge on any atom is 0.229 e. The number of ether oxygens (including phenoxy) is 1. The lowest BCUT2D eigenvalue weighted by molar-refractivity contribution is 0.405. The van der Waals surface area contributed by atoms with Crippen LogP contribution in [0.25, 0.3) is 0 Å². The van der Waals surface area contributed by atoms with Gasteiger partial charge in [-0.3, -0.25) is 0 Å². The van der Waals surface area contributed by atoms with Gasteiger partial charge in [0.15, 0.2) is 21.5 Å². The predicted octanol–water partition coefficient (Wildman–Crippen LogP) is 2.78. The van der Waals surface area contributed by atoms with Gasteiger partial charge >= 0.3 is 0 Å². The normalized spacial score (nSPS) is 16.1. The minimum atomic E-state index is -3.18. The fourth-order valence-corrected chi connectivity index (χ4v) is 3.98. The molecular formula is C19H18F2N4O3S2. The third-order valence-electron chi connectivity index (χ3n) is 4.43. The Morgan fingerprint density at radius 1 is 1.37 bits per heavy atom. The van der Waals surface area contributed by atoms with Crippen molar-refractivity contribution >= 4 is 38.7 Å². The molecule has 158 valence electrons. The van der Waals surface area contributed by atoms with Gasteiger partial charge in [-0.1, -0.05) is 24.4 Å². The van der Waals surface area contributed by atoms with Gasteiger partial charge in [-0.05, 0) is 24.6 Å². The molecule has 1 aliphatic carbocycles. The molecule has 1 aliphatic rings. The summed E-state index contributed by atoms with van der Waals surface area (Å²) in [7, 11) is -1.86. The second kappa shape index (κ2) is 8.44. The van der Waals surface area contributed by atoms with Crippen LogP contribution in [0.3, 0.4) is 0 Å². The second-order valence-corrected chi connectivity index (χ2v) is 9.18. The van der Waals surface area contributed by atoms with Gasteiger partial charge in [-0.15, -0.1) is 0 Å². The Kier molecular flexibility index (Phi) is 6.13. The molecule has 2 aromatic rings. The molecule has 0 saturated carbocycles. The standard InChI is InChI=1S/C19H18F2N4O3S2/c1-28-14-8-7-13(20)16(21)15(14)17(29)12-9-23-19(25-18(12)22)24-10-3-5-11(6-4-10)30(2,26)27/h3-5,7-9,11H,6H2,1-2H3,(H3,22,23,24,25). The monoisotopic (exact) mass is 452 g/mol. The van der Waals surface area contributed by atoms with Gasteiger partial charge in [0.05, 0.1) is 28.4 Å². The number of hydrogen-bond donors (Lipinski definition) is 2. The molecule has 1 unspecified atom stereocenters. The van der Waals surface area contributed by atoms with Gasteiger partial charge in [0.25, 0.3) is 0 Å². The zero-order chi connectivity index (χ0) is 22.1. The van der Waals surface area contributed by atoms with Crippen LogP contribution in [-0.2, 0) is 9.84 Å². The minimum absolute atomic E-state index is 0.0439. The van der Waals surface area contributed by atoms with Gasteiger partial charge in [0.1, 0.15) is 11.6 Å². The van der Waals surface area contributed by atoms with Crippen LogP contribution >= 0.6 is 12.2 Å². The first-order valence-corrected chi connectivity index (χ1v) is 11.0. The number of hydrogen-bond acceptors (Lipinski definition) is 8. The summed E-state index contributed by atoms with van der Waals surface area (Å²) >= 11 is 5.28. The van der Waals surface area contributed by atoms with E-state index >= 15 is 0 Å². The average Bonchev–Trinajstić information content (AvgIpc) is 2.69. The molecule has 0 spiro atoms. The van der Waals surface area contributed by atoms with E-state index in [-0.39, 0.29) is 33.5 Å². The number of nitrogens with one attached hydrogen (secondary N) is 1. The number of thiocarbonyl (C=S) groups is 1. The van der Waals surface area contributed by atoms with Crippen molar-refractivity contribution in [3.8, 4) is 5.75 Å². The van der Waals surface area contributed by atoms with Crippen molar-refractivity contribution in [1.29, 1.82) is 0 Å². The molecule has 7 nitrogen and oxygen atoms in total. The Bertz CT molecular complexity index is 1180. The highest BCUT2D eigenvalue weighted by atomic mass is 32.2. The summed E-state index contributed by atoms with van der Waals surface area (Å²) in [6, 6.07) is 2.20. The lowest BCUT2D eigenvalue weighted by Gasteiger charge is -2.16. The van der Waals surface area contributed by atoms with E-state index in [9.17, 15) is 17.2 Å². The van der Waals surface area contributed by atoms with E-state index in [0.717, 1.165) is 6.07 Å². The number of sulfone groups is 1. The van der Waals surface area contributed by atoms with Crippen molar-refractivity contribution in [2.75, 3.05) is 24.4 Å². The molecule has 0 fully saturated rings. The summed E-state index contributed by atoms with van der Waals surface area (Å²) in [6.07, 6.45) is 7.67. The number of halogens is 2. The molecule has 1 aromatic carbocycles. The SMILES string of the molecule is COc1ccc(F)c(F)c1C(=S)c1cnc(NC2=CCC(S(C)(=O)=O)C=C2)nc1N. The fraction of sp³-hybridized carbons (Fsp3) is 0.211. The average molecular weight is 453 g/mol. The van der Waals surface area contributed by atoms with Crippen LogP contribution in [0, 0.1) is 11.6 Å². The van der Waals surface area contributed by atoms with E-state index in [4.69, 9.17) is 22.7 Å². The summed E-state index contributed by atoms with van der Waals surface area (Å²) in [4.78, 5) is 8.13. The molecular weight excluding hydrogens is 434 g/mol. The quantitative estimate of drug-likeness (QED) is 0.509. The lowest BCUT2D eigenvalue weighted by atomic mass is 10.0. The molecule has 1 atom stereocenters. The number of allylic oxidation sites excluding steroid dienone is 2. The largest absolute Gasteiger partial charge is 0.496 e. The summed E-state index contributed by atoms with van der Waals surface area (Å²) in [5.74, 6) is -2.08. The van der Waals surface area contributed by atoms with Crippen LogP contribution in [0.1, 0.15) is 17.5 Å². The molecule has 11 heteroatoms. The molecule has 30 heavy (non-hydrogen) atoms. The molecule has 3 rings (SSSR count). The summed E-state index contributed by atoms with van der Waals surface area (Å²) in [5, 5.41) is 2.34. The molecule has 1 aromatic heterocycles. The van der Waals surface area contributed by atoms with E-state index in [1.54, 1.807) is 18.2 Å². The first kappa shape index (κ1) is 21.8. The van der Waals surface area contributed by atoms with Crippen molar-refractivity contribution in [1.82, 2.24) is 9.97 Å². The Morgan fingerprint density at radius 3 is 2.67 bits per heavy atom. The van der Waals surface area contributed by atoms with Gasteiger partial charge in [-0.25, -0.2) is 22.2 Å². The molecule has 0 radical (unpaired) electrons. The van der Waals surface area contributed by atoms with E-state index in [1.165, 1.54) is 25.6 Å². The molecule has 0 saturated heterocycles. The van der Waals surface area contributed by atoms with Crippen LogP contribution in [-0.4, -0.2) is 41.9 Å². The molecule has 0 bridgehead atoms. The topological polar surface area (TPSA) is 107 Å². The van der Waals surface area contributed by atoms with Crippen LogP contribution < -0.4 is 15.8 Å². The van der Waals surface area contributed by atoms with Gasteiger partial charge in [-0.2, -0.15) is 4.98 Å². The Morgan fingerprint density at radius 2 is 2.10 bits per heavy atom. The molecule has 1 heterocycles. The smallest absolute Gasteiger partial charge is 0.229 e. The maximum atomic E-state index is 14.3. The number of rotatable bonds is 6. The van der Waals surface area contributed by atoms with Crippen molar-refractivity contribution in [2.45, 2.75) is 11.7 Å². The number of nitrogens with zero attached hydrogens (tertiary/aromatic N) is 2. The Labute approximate surface area is 177 Å². The Hall–Kier alpha value is -2.92. The van der Waals surface area contributed by atoms with Crippen LogP contribution in [0.4, 0.5) is 20.5 Å².